The lowest BCUT2D eigenvalue weighted by Crippen LogP contribution is -2.32. The Morgan fingerprint density at radius 3 is 1.83 bits per heavy atom. The molecule has 7 nitrogen and oxygen atoms in total. The van der Waals surface area contributed by atoms with Gasteiger partial charge in [0.1, 0.15) is 0 Å². The second-order valence-corrected chi connectivity index (χ2v) is 12.6. The molecule has 8 heteroatoms. The molecule has 0 aliphatic carbocycles. The molecule has 1 aliphatic rings. The van der Waals surface area contributed by atoms with E-state index in [9.17, 15) is 18.0 Å². The SMILES string of the molecule is CCCCCC[C@@H]1[C@@H](c2ccc(C(=O)OC)cc2)CN(S(=O)(=O)c2ccc(C)cc2)[C@H]1c1ccc(C(=O)OC)cc1. The highest BCUT2D eigenvalue weighted by molar-refractivity contribution is 7.89. The van der Waals surface area contributed by atoms with E-state index < -0.39 is 28.0 Å². The minimum atomic E-state index is -3.85. The number of carbonyl (C=O) groups excluding carboxylic acids is 2. The summed E-state index contributed by atoms with van der Waals surface area (Å²) in [6.07, 6.45) is 5.11. The van der Waals surface area contributed by atoms with Crippen LogP contribution in [0.15, 0.2) is 77.7 Å². The van der Waals surface area contributed by atoms with Crippen molar-refractivity contribution >= 4 is 22.0 Å². The number of carbonyl (C=O) groups is 2. The standard InChI is InChI=1S/C33H39NO6S/c1-5-6-7-8-9-29-30(24-12-16-26(17-13-24)32(35)39-3)22-34(41(37,38)28-20-10-23(2)11-21-28)31(29)25-14-18-27(19-15-25)33(36)40-4/h10-21,29-31H,5-9,22H2,1-4H3/t29-,30-,31+/m1/s1. The zero-order valence-electron chi connectivity index (χ0n) is 24.2. The molecule has 41 heavy (non-hydrogen) atoms. The van der Waals surface area contributed by atoms with Gasteiger partial charge < -0.3 is 9.47 Å². The zero-order chi connectivity index (χ0) is 29.6. The molecule has 0 spiro atoms. The van der Waals surface area contributed by atoms with Gasteiger partial charge in [-0.1, -0.05) is 74.6 Å². The van der Waals surface area contributed by atoms with E-state index in [1.807, 2.05) is 43.3 Å². The van der Waals surface area contributed by atoms with E-state index in [1.165, 1.54) is 14.2 Å². The van der Waals surface area contributed by atoms with Crippen molar-refractivity contribution < 1.29 is 27.5 Å². The molecule has 218 valence electrons. The number of sulfonamides is 1. The van der Waals surface area contributed by atoms with E-state index >= 15 is 0 Å². The van der Waals surface area contributed by atoms with E-state index in [-0.39, 0.29) is 16.7 Å². The molecule has 0 bridgehead atoms. The van der Waals surface area contributed by atoms with Crippen LogP contribution in [0.4, 0.5) is 0 Å². The maximum Gasteiger partial charge on any atom is 0.337 e. The summed E-state index contributed by atoms with van der Waals surface area (Å²) in [5.41, 5.74) is 3.67. The monoisotopic (exact) mass is 577 g/mol. The summed E-state index contributed by atoms with van der Waals surface area (Å²) in [6, 6.07) is 20.9. The molecular weight excluding hydrogens is 538 g/mol. The Morgan fingerprint density at radius 1 is 0.780 bits per heavy atom. The number of aryl methyl sites for hydroxylation is 1. The van der Waals surface area contributed by atoms with Crippen LogP contribution in [0.3, 0.4) is 0 Å². The maximum absolute atomic E-state index is 14.2. The van der Waals surface area contributed by atoms with Crippen molar-refractivity contribution in [2.45, 2.75) is 62.8 Å². The van der Waals surface area contributed by atoms with Crippen molar-refractivity contribution in [1.29, 1.82) is 0 Å². The number of benzene rings is 3. The lowest BCUT2D eigenvalue weighted by molar-refractivity contribution is 0.0592. The molecule has 0 saturated carbocycles. The summed E-state index contributed by atoms with van der Waals surface area (Å²) < 4.78 is 39.8. The third-order valence-electron chi connectivity index (χ3n) is 8.06. The van der Waals surface area contributed by atoms with Crippen LogP contribution in [-0.4, -0.2) is 45.4 Å². The van der Waals surface area contributed by atoms with Gasteiger partial charge in [-0.25, -0.2) is 18.0 Å². The van der Waals surface area contributed by atoms with Crippen molar-refractivity contribution in [3.63, 3.8) is 0 Å². The van der Waals surface area contributed by atoms with E-state index in [4.69, 9.17) is 9.47 Å². The van der Waals surface area contributed by atoms with Crippen LogP contribution in [0.2, 0.25) is 0 Å². The number of methoxy groups -OCH3 is 2. The van der Waals surface area contributed by atoms with Crippen LogP contribution >= 0.6 is 0 Å². The molecule has 0 unspecified atom stereocenters. The van der Waals surface area contributed by atoms with Gasteiger partial charge in [-0.05, 0) is 66.8 Å². The Labute approximate surface area is 243 Å². The lowest BCUT2D eigenvalue weighted by Gasteiger charge is -2.29. The minimum Gasteiger partial charge on any atom is -0.465 e. The van der Waals surface area contributed by atoms with Crippen molar-refractivity contribution in [1.82, 2.24) is 4.31 Å². The lowest BCUT2D eigenvalue weighted by atomic mass is 9.79. The normalized spacial score (nSPS) is 19.2. The molecule has 1 heterocycles. The predicted octanol–water partition coefficient (Wildman–Crippen LogP) is 6.68. The molecule has 0 amide bonds. The number of hydrogen-bond donors (Lipinski definition) is 0. The Morgan fingerprint density at radius 2 is 1.32 bits per heavy atom. The fourth-order valence-electron chi connectivity index (χ4n) is 5.82. The highest BCUT2D eigenvalue weighted by atomic mass is 32.2. The summed E-state index contributed by atoms with van der Waals surface area (Å²) in [5, 5.41) is 0. The van der Waals surface area contributed by atoms with E-state index in [1.54, 1.807) is 40.7 Å². The highest BCUT2D eigenvalue weighted by Gasteiger charge is 2.48. The van der Waals surface area contributed by atoms with Crippen LogP contribution in [0.1, 0.15) is 88.4 Å². The second-order valence-electron chi connectivity index (χ2n) is 10.7. The van der Waals surface area contributed by atoms with Crippen molar-refractivity contribution in [2.75, 3.05) is 20.8 Å². The number of hydrogen-bond acceptors (Lipinski definition) is 6. The van der Waals surface area contributed by atoms with Gasteiger partial charge in [0.05, 0.1) is 36.3 Å². The van der Waals surface area contributed by atoms with Gasteiger partial charge in [0.25, 0.3) is 0 Å². The average molecular weight is 578 g/mol. The number of unbranched alkanes of at least 4 members (excludes halogenated alkanes) is 3. The quantitative estimate of drug-likeness (QED) is 0.186. The molecule has 3 atom stereocenters. The molecular formula is C33H39NO6S. The van der Waals surface area contributed by atoms with Crippen molar-refractivity contribution in [3.8, 4) is 0 Å². The van der Waals surface area contributed by atoms with E-state index in [0.717, 1.165) is 48.8 Å². The molecule has 3 aromatic carbocycles. The first-order valence-electron chi connectivity index (χ1n) is 14.2. The van der Waals surface area contributed by atoms with E-state index in [0.29, 0.717) is 17.7 Å². The van der Waals surface area contributed by atoms with Gasteiger partial charge in [-0.15, -0.1) is 0 Å². The maximum atomic E-state index is 14.2. The predicted molar refractivity (Wildman–Crippen MR) is 158 cm³/mol. The smallest absolute Gasteiger partial charge is 0.337 e. The number of esters is 2. The highest BCUT2D eigenvalue weighted by Crippen LogP contribution is 2.50. The fraction of sp³-hybridized carbons (Fsp3) is 0.394. The molecule has 3 aromatic rings. The Hall–Kier alpha value is -3.49. The third-order valence-corrected chi connectivity index (χ3v) is 9.92. The zero-order valence-corrected chi connectivity index (χ0v) is 25.0. The van der Waals surface area contributed by atoms with Crippen molar-refractivity contribution in [2.24, 2.45) is 5.92 Å². The molecule has 0 radical (unpaired) electrons. The summed E-state index contributed by atoms with van der Waals surface area (Å²) in [4.78, 5) is 24.4. The van der Waals surface area contributed by atoms with Gasteiger partial charge in [-0.3, -0.25) is 0 Å². The fourth-order valence-corrected chi connectivity index (χ4v) is 7.50. The first-order valence-corrected chi connectivity index (χ1v) is 15.6. The van der Waals surface area contributed by atoms with Crippen LogP contribution in [0.25, 0.3) is 0 Å². The number of rotatable bonds is 11. The molecule has 0 N–H and O–H groups in total. The van der Waals surface area contributed by atoms with Gasteiger partial charge in [-0.2, -0.15) is 4.31 Å². The van der Waals surface area contributed by atoms with Gasteiger partial charge in [0.2, 0.25) is 10.0 Å². The third kappa shape index (κ3) is 6.71. The van der Waals surface area contributed by atoms with Crippen LogP contribution in [0, 0.1) is 12.8 Å². The van der Waals surface area contributed by atoms with Crippen LogP contribution in [0.5, 0.6) is 0 Å². The topological polar surface area (TPSA) is 90.0 Å². The molecule has 4 rings (SSSR count). The number of nitrogens with zero attached hydrogens (tertiary/aromatic N) is 1. The number of ether oxygens (including phenoxy) is 2. The van der Waals surface area contributed by atoms with Crippen LogP contribution < -0.4 is 0 Å². The largest absolute Gasteiger partial charge is 0.465 e. The van der Waals surface area contributed by atoms with Crippen LogP contribution in [-0.2, 0) is 19.5 Å². The minimum absolute atomic E-state index is 0.0139. The van der Waals surface area contributed by atoms with Crippen molar-refractivity contribution in [3.05, 3.63) is 101 Å². The molecule has 0 aromatic heterocycles. The van der Waals surface area contributed by atoms with E-state index in [2.05, 4.69) is 6.92 Å². The Kier molecular flexibility index (Phi) is 9.99. The first kappa shape index (κ1) is 30.5. The summed E-state index contributed by atoms with van der Waals surface area (Å²) >= 11 is 0. The van der Waals surface area contributed by atoms with Gasteiger partial charge in [0.15, 0.2) is 0 Å². The molecule has 1 aliphatic heterocycles. The average Bonchev–Trinajstić information content (AvgIpc) is 3.39. The first-order chi connectivity index (χ1) is 19.7. The summed E-state index contributed by atoms with van der Waals surface area (Å²) in [7, 11) is -1.16. The summed E-state index contributed by atoms with van der Waals surface area (Å²) in [6.45, 7) is 4.40. The second kappa shape index (κ2) is 13.4. The Balaban J connectivity index is 1.81. The van der Waals surface area contributed by atoms with Gasteiger partial charge in [0, 0.05) is 12.5 Å². The Bertz CT molecular complexity index is 1430. The molecule has 1 fully saturated rings. The van der Waals surface area contributed by atoms with Gasteiger partial charge >= 0.3 is 11.9 Å². The molecule has 1 saturated heterocycles. The summed E-state index contributed by atoms with van der Waals surface area (Å²) in [5.74, 6) is -0.952.